The first kappa shape index (κ1) is 9.97. The molecule has 0 fully saturated rings. The molecule has 1 aliphatic heterocycles. The monoisotopic (exact) mass is 202 g/mol. The second-order valence-electron chi connectivity index (χ2n) is 3.74. The van der Waals surface area contributed by atoms with Gasteiger partial charge in [0.25, 0.3) is 0 Å². The van der Waals surface area contributed by atoms with Gasteiger partial charge in [0, 0.05) is 5.56 Å². The summed E-state index contributed by atoms with van der Waals surface area (Å²) < 4.78 is 5.23. The van der Waals surface area contributed by atoms with Crippen LogP contribution in [-0.2, 0) is 9.53 Å². The van der Waals surface area contributed by atoms with Gasteiger partial charge < -0.3 is 4.74 Å². The molecule has 0 radical (unpaired) electrons. The Morgan fingerprint density at radius 1 is 1.33 bits per heavy atom. The minimum atomic E-state index is -0.122. The van der Waals surface area contributed by atoms with E-state index in [9.17, 15) is 4.79 Å². The Balaban J connectivity index is 2.29. The van der Waals surface area contributed by atoms with Crippen LogP contribution >= 0.6 is 0 Å². The summed E-state index contributed by atoms with van der Waals surface area (Å²) in [7, 11) is 0. The molecule has 2 heteroatoms. The summed E-state index contributed by atoms with van der Waals surface area (Å²) in [5.74, 6) is 0.906. The van der Waals surface area contributed by atoms with Gasteiger partial charge in [-0.2, -0.15) is 0 Å². The third-order valence-electron chi connectivity index (χ3n) is 2.62. The molecule has 0 spiro atoms. The highest BCUT2D eigenvalue weighted by Crippen LogP contribution is 2.26. The van der Waals surface area contributed by atoms with E-state index in [1.54, 1.807) is 0 Å². The maximum Gasteiger partial charge on any atom is 0.311 e. The lowest BCUT2D eigenvalue weighted by molar-refractivity contribution is -0.138. The molecule has 1 heterocycles. The number of rotatable bonds is 2. The molecule has 1 aromatic rings. The van der Waals surface area contributed by atoms with Gasteiger partial charge in [0.1, 0.15) is 5.76 Å². The number of ether oxygens (including phenoxy) is 1. The Morgan fingerprint density at radius 2 is 2.07 bits per heavy atom. The smallest absolute Gasteiger partial charge is 0.311 e. The molecule has 1 unspecified atom stereocenters. The fourth-order valence-corrected chi connectivity index (χ4v) is 1.71. The summed E-state index contributed by atoms with van der Waals surface area (Å²) in [4.78, 5) is 11.4. The fourth-order valence-electron chi connectivity index (χ4n) is 1.71. The summed E-state index contributed by atoms with van der Waals surface area (Å²) in [6.07, 6.45) is 3.54. The molecule has 1 aliphatic rings. The molecule has 1 atom stereocenters. The van der Waals surface area contributed by atoms with Crippen LogP contribution in [0.25, 0.3) is 5.76 Å². The molecule has 0 saturated carbocycles. The van der Waals surface area contributed by atoms with Crippen LogP contribution in [0, 0.1) is 5.92 Å². The molecule has 78 valence electrons. The van der Waals surface area contributed by atoms with Gasteiger partial charge in [0.2, 0.25) is 0 Å². The molecule has 0 bridgehead atoms. The minimum Gasteiger partial charge on any atom is -0.426 e. The maximum absolute atomic E-state index is 11.4. The van der Waals surface area contributed by atoms with Crippen molar-refractivity contribution in [3.05, 3.63) is 42.0 Å². The van der Waals surface area contributed by atoms with Crippen molar-refractivity contribution in [1.29, 1.82) is 0 Å². The van der Waals surface area contributed by atoms with Gasteiger partial charge in [-0.3, -0.25) is 4.79 Å². The summed E-state index contributed by atoms with van der Waals surface area (Å²) in [6, 6.07) is 9.75. The standard InChI is InChI=1S/C13H14O2/c1-2-10-8-12(15-13(14)9-10)11-6-4-3-5-7-11/h3-8,10H,2,9H2,1H3. The molecular formula is C13H14O2. The number of carbonyl (C=O) groups excluding carboxylic acids is 1. The fraction of sp³-hybridized carbons (Fsp3) is 0.308. The van der Waals surface area contributed by atoms with Crippen LogP contribution in [0.2, 0.25) is 0 Å². The molecule has 0 aromatic heterocycles. The molecule has 1 aromatic carbocycles. The average Bonchev–Trinajstić information content (AvgIpc) is 2.29. The van der Waals surface area contributed by atoms with Gasteiger partial charge in [-0.05, 0) is 18.4 Å². The lowest BCUT2D eigenvalue weighted by Crippen LogP contribution is -2.15. The molecule has 2 rings (SSSR count). The van der Waals surface area contributed by atoms with E-state index in [-0.39, 0.29) is 5.97 Å². The van der Waals surface area contributed by atoms with Crippen molar-refractivity contribution in [2.24, 2.45) is 5.92 Å². The van der Waals surface area contributed by atoms with E-state index < -0.39 is 0 Å². The quantitative estimate of drug-likeness (QED) is 0.689. The third kappa shape index (κ3) is 2.27. The number of benzene rings is 1. The van der Waals surface area contributed by atoms with E-state index in [1.165, 1.54) is 0 Å². The van der Waals surface area contributed by atoms with Gasteiger partial charge in [0.05, 0.1) is 6.42 Å². The SMILES string of the molecule is CCC1C=C(c2ccccc2)OC(=O)C1. The van der Waals surface area contributed by atoms with E-state index in [1.807, 2.05) is 30.3 Å². The van der Waals surface area contributed by atoms with Crippen LogP contribution < -0.4 is 0 Å². The molecule has 0 N–H and O–H groups in total. The molecule has 0 amide bonds. The lowest BCUT2D eigenvalue weighted by Gasteiger charge is -2.19. The average molecular weight is 202 g/mol. The van der Waals surface area contributed by atoms with E-state index in [4.69, 9.17) is 4.74 Å². The van der Waals surface area contributed by atoms with Crippen LogP contribution in [0.4, 0.5) is 0 Å². The van der Waals surface area contributed by atoms with E-state index >= 15 is 0 Å². The number of esters is 1. The van der Waals surface area contributed by atoms with Crippen molar-refractivity contribution in [3.8, 4) is 0 Å². The van der Waals surface area contributed by atoms with Crippen molar-refractivity contribution >= 4 is 11.7 Å². The Kier molecular flexibility index (Phi) is 2.86. The first-order valence-corrected chi connectivity index (χ1v) is 5.27. The number of cyclic esters (lactones) is 1. The normalized spacial score (nSPS) is 20.7. The van der Waals surface area contributed by atoms with Crippen molar-refractivity contribution in [2.75, 3.05) is 0 Å². The highest BCUT2D eigenvalue weighted by atomic mass is 16.5. The van der Waals surface area contributed by atoms with Crippen molar-refractivity contribution < 1.29 is 9.53 Å². The van der Waals surface area contributed by atoms with E-state index in [0.717, 1.165) is 12.0 Å². The highest BCUT2D eigenvalue weighted by molar-refractivity contribution is 5.81. The van der Waals surface area contributed by atoms with E-state index in [0.29, 0.717) is 18.1 Å². The Morgan fingerprint density at radius 3 is 2.73 bits per heavy atom. The summed E-state index contributed by atoms with van der Waals surface area (Å²) >= 11 is 0. The molecular weight excluding hydrogens is 188 g/mol. The zero-order valence-corrected chi connectivity index (χ0v) is 8.77. The predicted octanol–water partition coefficient (Wildman–Crippen LogP) is 3.00. The Hall–Kier alpha value is -1.57. The van der Waals surface area contributed by atoms with Gasteiger partial charge in [0.15, 0.2) is 0 Å². The number of carbonyl (C=O) groups is 1. The topological polar surface area (TPSA) is 26.3 Å². The van der Waals surface area contributed by atoms with Gasteiger partial charge >= 0.3 is 5.97 Å². The van der Waals surface area contributed by atoms with Crippen LogP contribution in [-0.4, -0.2) is 5.97 Å². The summed E-state index contributed by atoms with van der Waals surface area (Å²) in [5, 5.41) is 0. The lowest BCUT2D eigenvalue weighted by atomic mass is 9.98. The Bertz CT molecular complexity index is 379. The number of hydrogen-bond acceptors (Lipinski definition) is 2. The number of hydrogen-bond donors (Lipinski definition) is 0. The van der Waals surface area contributed by atoms with Gasteiger partial charge in [-0.15, -0.1) is 0 Å². The van der Waals surface area contributed by atoms with Crippen molar-refractivity contribution in [2.45, 2.75) is 19.8 Å². The van der Waals surface area contributed by atoms with Crippen molar-refractivity contribution in [3.63, 3.8) is 0 Å². The third-order valence-corrected chi connectivity index (χ3v) is 2.62. The van der Waals surface area contributed by atoms with Crippen LogP contribution in [0.3, 0.4) is 0 Å². The molecule has 0 saturated heterocycles. The largest absolute Gasteiger partial charge is 0.426 e. The molecule has 2 nitrogen and oxygen atoms in total. The minimum absolute atomic E-state index is 0.122. The molecule has 15 heavy (non-hydrogen) atoms. The summed E-state index contributed by atoms with van der Waals surface area (Å²) in [5.41, 5.74) is 0.976. The first-order valence-electron chi connectivity index (χ1n) is 5.27. The van der Waals surface area contributed by atoms with Gasteiger partial charge in [-0.1, -0.05) is 37.3 Å². The maximum atomic E-state index is 11.4. The summed E-state index contributed by atoms with van der Waals surface area (Å²) in [6.45, 7) is 2.09. The number of allylic oxidation sites excluding steroid dienone is 1. The van der Waals surface area contributed by atoms with Crippen molar-refractivity contribution in [1.82, 2.24) is 0 Å². The molecule has 0 aliphatic carbocycles. The van der Waals surface area contributed by atoms with Crippen LogP contribution in [0.1, 0.15) is 25.3 Å². The highest BCUT2D eigenvalue weighted by Gasteiger charge is 2.20. The first-order chi connectivity index (χ1) is 7.29. The van der Waals surface area contributed by atoms with Crippen LogP contribution in [0.15, 0.2) is 36.4 Å². The zero-order valence-electron chi connectivity index (χ0n) is 8.77. The van der Waals surface area contributed by atoms with Gasteiger partial charge in [-0.25, -0.2) is 0 Å². The predicted molar refractivity (Wildman–Crippen MR) is 58.9 cm³/mol. The second-order valence-corrected chi connectivity index (χ2v) is 3.74. The van der Waals surface area contributed by atoms with E-state index in [2.05, 4.69) is 13.0 Å². The second kappa shape index (κ2) is 4.30. The Labute approximate surface area is 89.6 Å². The van der Waals surface area contributed by atoms with Crippen LogP contribution in [0.5, 0.6) is 0 Å². The zero-order chi connectivity index (χ0) is 10.7.